The molecule has 0 bridgehead atoms. The van der Waals surface area contributed by atoms with Crippen LogP contribution in [0.1, 0.15) is 6.92 Å². The first-order chi connectivity index (χ1) is 9.05. The Morgan fingerprint density at radius 1 is 1.05 bits per heavy atom. The molecule has 0 aromatic heterocycles. The molecule has 0 aliphatic carbocycles. The van der Waals surface area contributed by atoms with Crippen LogP contribution in [-0.2, 0) is 9.47 Å². The standard InChI is InChI=1S/C12H14F6O2/c1-4-9(12(16,17)18)10(8(3)11(13,14)15)20-7-6-19-5-2/h4H,1,3,5-7H2,2H3/b10-9-. The maximum absolute atomic E-state index is 12.6. The van der Waals surface area contributed by atoms with Gasteiger partial charge < -0.3 is 9.47 Å². The van der Waals surface area contributed by atoms with Crippen molar-refractivity contribution in [2.45, 2.75) is 19.3 Å². The first-order valence-electron chi connectivity index (χ1n) is 5.46. The summed E-state index contributed by atoms with van der Waals surface area (Å²) >= 11 is 0. The molecule has 0 unspecified atom stereocenters. The molecule has 0 aliphatic rings. The van der Waals surface area contributed by atoms with Crippen molar-refractivity contribution in [1.29, 1.82) is 0 Å². The van der Waals surface area contributed by atoms with Gasteiger partial charge in [0, 0.05) is 6.61 Å². The molecule has 0 aromatic carbocycles. The Bertz CT molecular complexity index is 378. The topological polar surface area (TPSA) is 18.5 Å². The van der Waals surface area contributed by atoms with E-state index in [-0.39, 0.29) is 19.3 Å². The van der Waals surface area contributed by atoms with Crippen LogP contribution in [-0.4, -0.2) is 32.2 Å². The van der Waals surface area contributed by atoms with Crippen LogP contribution in [0.4, 0.5) is 26.3 Å². The van der Waals surface area contributed by atoms with Crippen LogP contribution >= 0.6 is 0 Å². The van der Waals surface area contributed by atoms with Crippen molar-refractivity contribution in [3.8, 4) is 0 Å². The molecular formula is C12H14F6O2. The average Bonchev–Trinajstić information content (AvgIpc) is 2.29. The number of rotatable bonds is 7. The van der Waals surface area contributed by atoms with Crippen molar-refractivity contribution in [3.63, 3.8) is 0 Å². The fourth-order valence-corrected chi connectivity index (χ4v) is 1.14. The summed E-state index contributed by atoms with van der Waals surface area (Å²) < 4.78 is 84.8. The second-order valence-electron chi connectivity index (χ2n) is 3.47. The zero-order valence-electron chi connectivity index (χ0n) is 10.7. The van der Waals surface area contributed by atoms with Gasteiger partial charge in [-0.2, -0.15) is 26.3 Å². The SMILES string of the molecule is C=C/C(=C(/OCCOCC)C(=C)C(F)(F)F)C(F)(F)F. The lowest BCUT2D eigenvalue weighted by Crippen LogP contribution is -2.22. The van der Waals surface area contributed by atoms with E-state index in [4.69, 9.17) is 4.74 Å². The van der Waals surface area contributed by atoms with Crippen LogP contribution in [0.5, 0.6) is 0 Å². The number of allylic oxidation sites excluding steroid dienone is 3. The van der Waals surface area contributed by atoms with E-state index in [0.717, 1.165) is 0 Å². The van der Waals surface area contributed by atoms with Crippen LogP contribution in [0.3, 0.4) is 0 Å². The van der Waals surface area contributed by atoms with Gasteiger partial charge in [-0.3, -0.25) is 0 Å². The average molecular weight is 304 g/mol. The highest BCUT2D eigenvalue weighted by molar-refractivity contribution is 5.39. The first kappa shape index (κ1) is 18.6. The van der Waals surface area contributed by atoms with Crippen molar-refractivity contribution in [2.24, 2.45) is 0 Å². The quantitative estimate of drug-likeness (QED) is 0.304. The zero-order chi connectivity index (χ0) is 16.0. The Balaban J connectivity index is 5.41. The molecule has 0 saturated heterocycles. The van der Waals surface area contributed by atoms with Gasteiger partial charge in [-0.15, -0.1) is 0 Å². The molecule has 0 saturated carbocycles. The van der Waals surface area contributed by atoms with Crippen molar-refractivity contribution < 1.29 is 35.8 Å². The molecule has 116 valence electrons. The summed E-state index contributed by atoms with van der Waals surface area (Å²) in [4.78, 5) is 0. The molecule has 0 fully saturated rings. The molecule has 2 nitrogen and oxygen atoms in total. The number of halogens is 6. The smallest absolute Gasteiger partial charge is 0.419 e. The Morgan fingerprint density at radius 3 is 1.95 bits per heavy atom. The van der Waals surface area contributed by atoms with E-state index in [1.807, 2.05) is 0 Å². The van der Waals surface area contributed by atoms with Gasteiger partial charge in [-0.1, -0.05) is 19.2 Å². The molecule has 0 amide bonds. The van der Waals surface area contributed by atoms with Crippen molar-refractivity contribution >= 4 is 0 Å². The minimum absolute atomic E-state index is 0.145. The molecule has 0 radical (unpaired) electrons. The molecule has 0 aliphatic heterocycles. The Kier molecular flexibility index (Phi) is 6.84. The van der Waals surface area contributed by atoms with Gasteiger partial charge in [0.15, 0.2) is 0 Å². The lowest BCUT2D eigenvalue weighted by atomic mass is 10.1. The van der Waals surface area contributed by atoms with Gasteiger partial charge in [-0.25, -0.2) is 0 Å². The minimum Gasteiger partial charge on any atom is -0.490 e. The third kappa shape index (κ3) is 5.68. The van der Waals surface area contributed by atoms with E-state index in [2.05, 4.69) is 17.9 Å². The Labute approximate surface area is 112 Å². The second-order valence-corrected chi connectivity index (χ2v) is 3.47. The van der Waals surface area contributed by atoms with Crippen LogP contribution < -0.4 is 0 Å². The van der Waals surface area contributed by atoms with Gasteiger partial charge in [0.05, 0.1) is 17.8 Å². The van der Waals surface area contributed by atoms with Crippen LogP contribution in [0.2, 0.25) is 0 Å². The van der Waals surface area contributed by atoms with E-state index in [1.165, 1.54) is 0 Å². The molecule has 0 aromatic rings. The number of hydrogen-bond acceptors (Lipinski definition) is 2. The summed E-state index contributed by atoms with van der Waals surface area (Å²) in [6, 6.07) is 0. The highest BCUT2D eigenvalue weighted by Crippen LogP contribution is 2.37. The zero-order valence-corrected chi connectivity index (χ0v) is 10.7. The number of hydrogen-bond donors (Lipinski definition) is 0. The minimum atomic E-state index is -5.04. The summed E-state index contributed by atoms with van der Waals surface area (Å²) in [6.07, 6.45) is -9.82. The first-order valence-corrected chi connectivity index (χ1v) is 5.46. The molecule has 0 heterocycles. The summed E-state index contributed by atoms with van der Waals surface area (Å²) in [7, 11) is 0. The van der Waals surface area contributed by atoms with Gasteiger partial charge in [0.25, 0.3) is 0 Å². The highest BCUT2D eigenvalue weighted by Gasteiger charge is 2.42. The van der Waals surface area contributed by atoms with E-state index >= 15 is 0 Å². The molecule has 8 heteroatoms. The summed E-state index contributed by atoms with van der Waals surface area (Å²) in [5.74, 6) is -1.39. The number of ether oxygens (including phenoxy) is 2. The predicted octanol–water partition coefficient (Wildman–Crippen LogP) is 4.16. The number of alkyl halides is 6. The molecule has 0 spiro atoms. The Morgan fingerprint density at radius 2 is 1.60 bits per heavy atom. The molecule has 0 atom stereocenters. The monoisotopic (exact) mass is 304 g/mol. The Hall–Kier alpha value is -1.44. The third-order valence-electron chi connectivity index (χ3n) is 2.05. The lowest BCUT2D eigenvalue weighted by Gasteiger charge is -2.19. The third-order valence-corrected chi connectivity index (χ3v) is 2.05. The summed E-state index contributed by atoms with van der Waals surface area (Å²) in [5, 5.41) is 0. The van der Waals surface area contributed by atoms with Crippen LogP contribution in [0.25, 0.3) is 0 Å². The normalized spacial score (nSPS) is 13.8. The lowest BCUT2D eigenvalue weighted by molar-refractivity contribution is -0.102. The largest absolute Gasteiger partial charge is 0.490 e. The van der Waals surface area contributed by atoms with Crippen molar-refractivity contribution in [3.05, 3.63) is 36.1 Å². The van der Waals surface area contributed by atoms with E-state index in [1.54, 1.807) is 6.92 Å². The predicted molar refractivity (Wildman–Crippen MR) is 60.9 cm³/mol. The summed E-state index contributed by atoms with van der Waals surface area (Å²) in [5.41, 5.74) is -3.35. The van der Waals surface area contributed by atoms with Crippen molar-refractivity contribution in [1.82, 2.24) is 0 Å². The maximum atomic E-state index is 12.6. The van der Waals surface area contributed by atoms with E-state index in [9.17, 15) is 26.3 Å². The molecule has 0 rings (SSSR count). The maximum Gasteiger partial charge on any atom is 0.419 e. The van der Waals surface area contributed by atoms with E-state index in [0.29, 0.717) is 0 Å². The highest BCUT2D eigenvalue weighted by atomic mass is 19.4. The second kappa shape index (κ2) is 7.37. The van der Waals surface area contributed by atoms with Gasteiger partial charge in [-0.05, 0) is 6.92 Å². The van der Waals surface area contributed by atoms with Gasteiger partial charge in [0.1, 0.15) is 12.4 Å². The molecule has 0 N–H and O–H groups in total. The summed E-state index contributed by atoms with van der Waals surface area (Å²) in [6.45, 7) is 6.74. The molecular weight excluding hydrogens is 290 g/mol. The van der Waals surface area contributed by atoms with Gasteiger partial charge in [0.2, 0.25) is 0 Å². The van der Waals surface area contributed by atoms with Crippen LogP contribution in [0.15, 0.2) is 36.1 Å². The fraction of sp³-hybridized carbons (Fsp3) is 0.500. The van der Waals surface area contributed by atoms with Gasteiger partial charge >= 0.3 is 12.4 Å². The molecule has 20 heavy (non-hydrogen) atoms. The van der Waals surface area contributed by atoms with Crippen LogP contribution in [0, 0.1) is 0 Å². The van der Waals surface area contributed by atoms with E-state index < -0.39 is 35.9 Å². The fourth-order valence-electron chi connectivity index (χ4n) is 1.14. The van der Waals surface area contributed by atoms with Crippen molar-refractivity contribution in [2.75, 3.05) is 19.8 Å².